The van der Waals surface area contributed by atoms with Crippen LogP contribution in [0, 0.1) is 0 Å². The molecule has 1 N–H and O–H groups in total. The minimum atomic E-state index is 0.457. The standard InChI is InChI=1S/C14H29N3O2/c1-3-15-13(12-18-2)10-16-5-4-14(11-16)17-6-8-19-9-7-17/h13-15H,3-12H2,1-2H3. The smallest absolute Gasteiger partial charge is 0.0628 e. The van der Waals surface area contributed by atoms with E-state index >= 15 is 0 Å². The number of likely N-dealkylation sites (N-methyl/N-ethyl adjacent to an activating group) is 1. The maximum atomic E-state index is 5.43. The number of ether oxygens (including phenoxy) is 2. The second-order valence-corrected chi connectivity index (χ2v) is 5.56. The summed E-state index contributed by atoms with van der Waals surface area (Å²) in [7, 11) is 1.78. The predicted octanol–water partition coefficient (Wildman–Crippen LogP) is 0.0174. The summed E-state index contributed by atoms with van der Waals surface area (Å²) in [5.41, 5.74) is 0. The van der Waals surface area contributed by atoms with Crippen molar-refractivity contribution in [2.24, 2.45) is 0 Å². The number of rotatable bonds is 7. The van der Waals surface area contributed by atoms with Gasteiger partial charge in [0.2, 0.25) is 0 Å². The molecular formula is C14H29N3O2. The molecule has 2 aliphatic heterocycles. The quantitative estimate of drug-likeness (QED) is 0.706. The van der Waals surface area contributed by atoms with E-state index in [1.54, 1.807) is 7.11 Å². The first-order valence-electron chi connectivity index (χ1n) is 7.60. The number of hydrogen-bond donors (Lipinski definition) is 1. The summed E-state index contributed by atoms with van der Waals surface area (Å²) in [6.45, 7) is 11.5. The van der Waals surface area contributed by atoms with Crippen LogP contribution in [0.1, 0.15) is 13.3 Å². The molecule has 2 fully saturated rings. The van der Waals surface area contributed by atoms with Crippen molar-refractivity contribution in [1.29, 1.82) is 0 Å². The van der Waals surface area contributed by atoms with Crippen LogP contribution >= 0.6 is 0 Å². The van der Waals surface area contributed by atoms with Crippen molar-refractivity contribution in [3.63, 3.8) is 0 Å². The zero-order valence-electron chi connectivity index (χ0n) is 12.4. The number of methoxy groups -OCH3 is 1. The first kappa shape index (κ1) is 15.2. The highest BCUT2D eigenvalue weighted by Crippen LogP contribution is 2.17. The Hall–Kier alpha value is -0.200. The molecule has 0 bridgehead atoms. The van der Waals surface area contributed by atoms with Gasteiger partial charge in [-0.1, -0.05) is 6.92 Å². The van der Waals surface area contributed by atoms with Crippen molar-refractivity contribution in [3.8, 4) is 0 Å². The lowest BCUT2D eigenvalue weighted by atomic mass is 10.2. The molecule has 0 aromatic carbocycles. The lowest BCUT2D eigenvalue weighted by molar-refractivity contribution is 0.0181. The first-order chi connectivity index (χ1) is 9.33. The number of hydrogen-bond acceptors (Lipinski definition) is 5. The van der Waals surface area contributed by atoms with E-state index in [-0.39, 0.29) is 0 Å². The van der Waals surface area contributed by atoms with Crippen LogP contribution in [0.25, 0.3) is 0 Å². The third-order valence-electron chi connectivity index (χ3n) is 4.15. The molecule has 0 aromatic heterocycles. The third-order valence-corrected chi connectivity index (χ3v) is 4.15. The molecule has 0 amide bonds. The summed E-state index contributed by atoms with van der Waals surface area (Å²) < 4.78 is 10.7. The minimum Gasteiger partial charge on any atom is -0.383 e. The number of nitrogens with zero attached hydrogens (tertiary/aromatic N) is 2. The van der Waals surface area contributed by atoms with Crippen LogP contribution in [0.2, 0.25) is 0 Å². The molecule has 0 aliphatic carbocycles. The van der Waals surface area contributed by atoms with E-state index in [4.69, 9.17) is 9.47 Å². The van der Waals surface area contributed by atoms with Gasteiger partial charge in [-0.05, 0) is 19.5 Å². The van der Waals surface area contributed by atoms with E-state index in [2.05, 4.69) is 22.0 Å². The molecule has 112 valence electrons. The van der Waals surface area contributed by atoms with Gasteiger partial charge in [0.25, 0.3) is 0 Å². The van der Waals surface area contributed by atoms with Crippen molar-refractivity contribution in [2.45, 2.75) is 25.4 Å². The Morgan fingerprint density at radius 1 is 1.32 bits per heavy atom. The van der Waals surface area contributed by atoms with Gasteiger partial charge >= 0.3 is 0 Å². The fourth-order valence-electron chi connectivity index (χ4n) is 3.20. The van der Waals surface area contributed by atoms with Gasteiger partial charge in [0.1, 0.15) is 0 Å². The van der Waals surface area contributed by atoms with Gasteiger partial charge < -0.3 is 19.7 Å². The molecule has 5 nitrogen and oxygen atoms in total. The van der Waals surface area contributed by atoms with Crippen LogP contribution in [0.15, 0.2) is 0 Å². The van der Waals surface area contributed by atoms with Crippen LogP contribution in [0.3, 0.4) is 0 Å². The molecular weight excluding hydrogens is 242 g/mol. The van der Waals surface area contributed by atoms with E-state index < -0.39 is 0 Å². The summed E-state index contributed by atoms with van der Waals surface area (Å²) in [4.78, 5) is 5.18. The first-order valence-corrected chi connectivity index (χ1v) is 7.60. The Labute approximate surface area is 117 Å². The minimum absolute atomic E-state index is 0.457. The monoisotopic (exact) mass is 271 g/mol. The molecule has 5 heteroatoms. The van der Waals surface area contributed by atoms with E-state index in [0.717, 1.165) is 52.0 Å². The fourth-order valence-corrected chi connectivity index (χ4v) is 3.20. The van der Waals surface area contributed by atoms with Crippen LogP contribution in [0.5, 0.6) is 0 Å². The van der Waals surface area contributed by atoms with Crippen LogP contribution < -0.4 is 5.32 Å². The average Bonchev–Trinajstić information content (AvgIpc) is 2.89. The average molecular weight is 271 g/mol. The van der Waals surface area contributed by atoms with Crippen molar-refractivity contribution < 1.29 is 9.47 Å². The molecule has 2 aliphatic rings. The highest BCUT2D eigenvalue weighted by molar-refractivity contribution is 4.86. The highest BCUT2D eigenvalue weighted by Gasteiger charge is 2.29. The fraction of sp³-hybridized carbons (Fsp3) is 1.00. The Balaban J connectivity index is 1.73. The lowest BCUT2D eigenvalue weighted by Crippen LogP contribution is -2.46. The molecule has 2 rings (SSSR count). The Kier molecular flexibility index (Phi) is 6.53. The van der Waals surface area contributed by atoms with E-state index in [9.17, 15) is 0 Å². The van der Waals surface area contributed by atoms with Crippen LogP contribution in [-0.2, 0) is 9.47 Å². The van der Waals surface area contributed by atoms with Crippen molar-refractivity contribution in [3.05, 3.63) is 0 Å². The lowest BCUT2D eigenvalue weighted by Gasteiger charge is -2.32. The number of nitrogens with one attached hydrogen (secondary N) is 1. The summed E-state index contributed by atoms with van der Waals surface area (Å²) in [6.07, 6.45) is 1.30. The third kappa shape index (κ3) is 4.68. The summed E-state index contributed by atoms with van der Waals surface area (Å²) >= 11 is 0. The van der Waals surface area contributed by atoms with Gasteiger partial charge in [0.05, 0.1) is 19.8 Å². The van der Waals surface area contributed by atoms with Gasteiger partial charge in [0, 0.05) is 45.4 Å². The number of likely N-dealkylation sites (tertiary alicyclic amines) is 1. The summed E-state index contributed by atoms with van der Waals surface area (Å²) in [5.74, 6) is 0. The van der Waals surface area contributed by atoms with E-state index in [0.29, 0.717) is 6.04 Å². The van der Waals surface area contributed by atoms with Crippen molar-refractivity contribution in [2.75, 3.05) is 66.2 Å². The SMILES string of the molecule is CCNC(COC)CN1CCC(N2CCOCC2)C1. The predicted molar refractivity (Wildman–Crippen MR) is 76.6 cm³/mol. The largest absolute Gasteiger partial charge is 0.383 e. The van der Waals surface area contributed by atoms with E-state index in [1.165, 1.54) is 19.5 Å². The molecule has 2 saturated heterocycles. The molecule has 2 unspecified atom stereocenters. The Morgan fingerprint density at radius 2 is 2.11 bits per heavy atom. The molecule has 19 heavy (non-hydrogen) atoms. The summed E-state index contributed by atoms with van der Waals surface area (Å²) in [5, 5.41) is 3.50. The van der Waals surface area contributed by atoms with E-state index in [1.807, 2.05) is 0 Å². The highest BCUT2D eigenvalue weighted by atomic mass is 16.5. The normalized spacial score (nSPS) is 27.8. The molecule has 0 aromatic rings. The molecule has 0 radical (unpaired) electrons. The maximum absolute atomic E-state index is 5.43. The van der Waals surface area contributed by atoms with Crippen molar-refractivity contribution >= 4 is 0 Å². The van der Waals surface area contributed by atoms with Gasteiger partial charge in [-0.3, -0.25) is 4.90 Å². The molecule has 2 atom stereocenters. The Morgan fingerprint density at radius 3 is 2.79 bits per heavy atom. The zero-order valence-corrected chi connectivity index (χ0v) is 12.4. The summed E-state index contributed by atoms with van der Waals surface area (Å²) in [6, 6.07) is 1.19. The molecule has 0 spiro atoms. The second kappa shape index (κ2) is 8.17. The number of morpholine rings is 1. The van der Waals surface area contributed by atoms with Gasteiger partial charge in [-0.15, -0.1) is 0 Å². The van der Waals surface area contributed by atoms with Crippen molar-refractivity contribution in [1.82, 2.24) is 15.1 Å². The molecule has 0 saturated carbocycles. The van der Waals surface area contributed by atoms with Gasteiger partial charge in [-0.25, -0.2) is 0 Å². The Bertz CT molecular complexity index is 241. The second-order valence-electron chi connectivity index (χ2n) is 5.56. The van der Waals surface area contributed by atoms with Crippen LogP contribution in [0.4, 0.5) is 0 Å². The maximum Gasteiger partial charge on any atom is 0.0628 e. The van der Waals surface area contributed by atoms with Gasteiger partial charge in [-0.2, -0.15) is 0 Å². The zero-order chi connectivity index (χ0) is 13.5. The topological polar surface area (TPSA) is 37.0 Å². The molecule has 2 heterocycles. The van der Waals surface area contributed by atoms with Gasteiger partial charge in [0.15, 0.2) is 0 Å². The van der Waals surface area contributed by atoms with Crippen LogP contribution in [-0.4, -0.2) is 88.1 Å².